The molecule has 0 radical (unpaired) electrons. The SMILES string of the molecule is C1CNCCC2CCC2C1. The van der Waals surface area contributed by atoms with Crippen molar-refractivity contribution in [3.05, 3.63) is 0 Å². The summed E-state index contributed by atoms with van der Waals surface area (Å²) in [6.07, 6.45) is 7.42. The van der Waals surface area contributed by atoms with Crippen molar-refractivity contribution in [2.45, 2.75) is 32.1 Å². The van der Waals surface area contributed by atoms with Crippen LogP contribution >= 0.6 is 0 Å². The predicted molar refractivity (Wildman–Crippen MR) is 42.9 cm³/mol. The molecule has 10 heavy (non-hydrogen) atoms. The average Bonchev–Trinajstić information content (AvgIpc) is 1.89. The molecule has 1 heterocycles. The largest absolute Gasteiger partial charge is 0.317 e. The van der Waals surface area contributed by atoms with Crippen molar-refractivity contribution in [3.63, 3.8) is 0 Å². The van der Waals surface area contributed by atoms with Gasteiger partial charge in [-0.1, -0.05) is 0 Å². The molecule has 2 unspecified atom stereocenters. The van der Waals surface area contributed by atoms with E-state index in [1.807, 2.05) is 0 Å². The number of hydrogen-bond acceptors (Lipinski definition) is 1. The Morgan fingerprint density at radius 2 is 1.60 bits per heavy atom. The minimum atomic E-state index is 1.10. The third kappa shape index (κ3) is 1.20. The van der Waals surface area contributed by atoms with Gasteiger partial charge in [-0.3, -0.25) is 0 Å². The standard InChI is InChI=1S/C9H17N/c1-2-8-3-4-9(8)5-7-10-6-1/h8-10H,1-7H2. The van der Waals surface area contributed by atoms with Gasteiger partial charge in [-0.15, -0.1) is 0 Å². The molecule has 0 bridgehead atoms. The predicted octanol–water partition coefficient (Wildman–Crippen LogP) is 1.79. The van der Waals surface area contributed by atoms with Gasteiger partial charge in [0.15, 0.2) is 0 Å². The van der Waals surface area contributed by atoms with Crippen LogP contribution in [0.15, 0.2) is 0 Å². The zero-order chi connectivity index (χ0) is 6.81. The summed E-state index contributed by atoms with van der Waals surface area (Å²) in [5.41, 5.74) is 0. The molecule has 58 valence electrons. The van der Waals surface area contributed by atoms with E-state index in [0.29, 0.717) is 0 Å². The second-order valence-corrected chi connectivity index (χ2v) is 3.78. The Kier molecular flexibility index (Phi) is 1.94. The van der Waals surface area contributed by atoms with Crippen LogP contribution in [0.1, 0.15) is 32.1 Å². The van der Waals surface area contributed by atoms with Gasteiger partial charge in [0.05, 0.1) is 0 Å². The summed E-state index contributed by atoms with van der Waals surface area (Å²) in [4.78, 5) is 0. The Morgan fingerprint density at radius 1 is 0.800 bits per heavy atom. The Bertz CT molecular complexity index is 97.3. The summed E-state index contributed by atoms with van der Waals surface area (Å²) in [5.74, 6) is 2.23. The van der Waals surface area contributed by atoms with Crippen molar-refractivity contribution in [1.82, 2.24) is 5.32 Å². The van der Waals surface area contributed by atoms with Gasteiger partial charge in [-0.2, -0.15) is 0 Å². The van der Waals surface area contributed by atoms with E-state index in [-0.39, 0.29) is 0 Å². The molecule has 2 atom stereocenters. The van der Waals surface area contributed by atoms with Crippen LogP contribution in [0, 0.1) is 11.8 Å². The molecule has 1 aliphatic carbocycles. The number of rotatable bonds is 0. The first-order valence-corrected chi connectivity index (χ1v) is 4.67. The van der Waals surface area contributed by atoms with E-state index < -0.39 is 0 Å². The highest BCUT2D eigenvalue weighted by molar-refractivity contribution is 4.82. The maximum absolute atomic E-state index is 3.47. The Labute approximate surface area is 63.2 Å². The van der Waals surface area contributed by atoms with Crippen LogP contribution < -0.4 is 5.32 Å². The molecule has 1 nitrogen and oxygen atoms in total. The Balaban J connectivity index is 1.83. The second-order valence-electron chi connectivity index (χ2n) is 3.78. The van der Waals surface area contributed by atoms with Crippen molar-refractivity contribution in [1.29, 1.82) is 0 Å². The van der Waals surface area contributed by atoms with E-state index in [1.54, 1.807) is 0 Å². The van der Waals surface area contributed by atoms with Gasteiger partial charge in [0, 0.05) is 0 Å². The van der Waals surface area contributed by atoms with Gasteiger partial charge >= 0.3 is 0 Å². The van der Waals surface area contributed by atoms with Gasteiger partial charge in [0.25, 0.3) is 0 Å². The fourth-order valence-corrected chi connectivity index (χ4v) is 2.30. The fraction of sp³-hybridized carbons (Fsp3) is 1.00. The van der Waals surface area contributed by atoms with Crippen molar-refractivity contribution < 1.29 is 0 Å². The summed E-state index contributed by atoms with van der Waals surface area (Å²) in [6.45, 7) is 2.55. The molecule has 1 aliphatic heterocycles. The van der Waals surface area contributed by atoms with E-state index in [9.17, 15) is 0 Å². The van der Waals surface area contributed by atoms with Crippen molar-refractivity contribution >= 4 is 0 Å². The quantitative estimate of drug-likeness (QED) is 0.539. The van der Waals surface area contributed by atoms with E-state index in [0.717, 1.165) is 11.8 Å². The first-order chi connectivity index (χ1) is 4.97. The Hall–Kier alpha value is -0.0400. The summed E-state index contributed by atoms with van der Waals surface area (Å²) in [5, 5.41) is 3.47. The van der Waals surface area contributed by atoms with E-state index in [4.69, 9.17) is 0 Å². The molecule has 1 N–H and O–H groups in total. The number of fused-ring (bicyclic) bond motifs is 1. The molecule has 0 aromatic carbocycles. The lowest BCUT2D eigenvalue weighted by atomic mass is 9.69. The van der Waals surface area contributed by atoms with Crippen molar-refractivity contribution in [2.24, 2.45) is 11.8 Å². The maximum Gasteiger partial charge on any atom is -0.00462 e. The smallest absolute Gasteiger partial charge is 0.00462 e. The molecule has 1 saturated heterocycles. The summed E-state index contributed by atoms with van der Waals surface area (Å²) in [7, 11) is 0. The molecular weight excluding hydrogens is 122 g/mol. The lowest BCUT2D eigenvalue weighted by Crippen LogP contribution is -2.33. The topological polar surface area (TPSA) is 12.0 Å². The summed E-state index contributed by atoms with van der Waals surface area (Å²) >= 11 is 0. The highest BCUT2D eigenvalue weighted by atomic mass is 14.8. The third-order valence-electron chi connectivity index (χ3n) is 3.20. The van der Waals surface area contributed by atoms with Gasteiger partial charge < -0.3 is 5.32 Å². The maximum atomic E-state index is 3.47. The molecule has 0 spiro atoms. The first-order valence-electron chi connectivity index (χ1n) is 4.67. The number of hydrogen-bond donors (Lipinski definition) is 1. The minimum Gasteiger partial charge on any atom is -0.317 e. The van der Waals surface area contributed by atoms with E-state index in [2.05, 4.69) is 5.32 Å². The van der Waals surface area contributed by atoms with Crippen LogP contribution in [-0.2, 0) is 0 Å². The van der Waals surface area contributed by atoms with Crippen LogP contribution in [0.5, 0.6) is 0 Å². The second kappa shape index (κ2) is 2.91. The van der Waals surface area contributed by atoms with Gasteiger partial charge in [-0.05, 0) is 57.0 Å². The highest BCUT2D eigenvalue weighted by Crippen LogP contribution is 2.39. The van der Waals surface area contributed by atoms with Crippen molar-refractivity contribution in [2.75, 3.05) is 13.1 Å². The fourth-order valence-electron chi connectivity index (χ4n) is 2.30. The molecule has 1 saturated carbocycles. The molecule has 0 aromatic rings. The Morgan fingerprint density at radius 3 is 2.40 bits per heavy atom. The molecule has 2 aliphatic rings. The molecule has 0 amide bonds. The van der Waals surface area contributed by atoms with Crippen LogP contribution in [0.4, 0.5) is 0 Å². The van der Waals surface area contributed by atoms with Gasteiger partial charge in [-0.25, -0.2) is 0 Å². The van der Waals surface area contributed by atoms with Gasteiger partial charge in [0.1, 0.15) is 0 Å². The van der Waals surface area contributed by atoms with Gasteiger partial charge in [0.2, 0.25) is 0 Å². The number of nitrogens with one attached hydrogen (secondary N) is 1. The molecule has 2 fully saturated rings. The monoisotopic (exact) mass is 139 g/mol. The summed E-state index contributed by atoms with van der Waals surface area (Å²) < 4.78 is 0. The highest BCUT2D eigenvalue weighted by Gasteiger charge is 2.30. The lowest BCUT2D eigenvalue weighted by Gasteiger charge is -2.38. The zero-order valence-corrected chi connectivity index (χ0v) is 6.60. The third-order valence-corrected chi connectivity index (χ3v) is 3.20. The molecule has 2 rings (SSSR count). The molecule has 1 heteroatoms. The van der Waals surface area contributed by atoms with Crippen molar-refractivity contribution in [3.8, 4) is 0 Å². The van der Waals surface area contributed by atoms with Crippen LogP contribution in [0.25, 0.3) is 0 Å². The normalized spacial score (nSPS) is 40.8. The van der Waals surface area contributed by atoms with Crippen LogP contribution in [-0.4, -0.2) is 13.1 Å². The average molecular weight is 139 g/mol. The molecular formula is C9H17N. The van der Waals surface area contributed by atoms with E-state index >= 15 is 0 Å². The van der Waals surface area contributed by atoms with E-state index in [1.165, 1.54) is 45.2 Å². The summed E-state index contributed by atoms with van der Waals surface area (Å²) in [6, 6.07) is 0. The zero-order valence-electron chi connectivity index (χ0n) is 6.60. The first kappa shape index (κ1) is 6.66. The minimum absolute atomic E-state index is 1.10. The lowest BCUT2D eigenvalue weighted by molar-refractivity contribution is 0.140. The van der Waals surface area contributed by atoms with Crippen LogP contribution in [0.3, 0.4) is 0 Å². The molecule has 0 aromatic heterocycles. The van der Waals surface area contributed by atoms with Crippen LogP contribution in [0.2, 0.25) is 0 Å².